The smallest absolute Gasteiger partial charge is 0.238 e. The zero-order valence-corrected chi connectivity index (χ0v) is 19.7. The molecule has 0 saturated carbocycles. The van der Waals surface area contributed by atoms with Gasteiger partial charge in [-0.15, -0.1) is 0 Å². The number of hydrogen-bond acceptors (Lipinski definition) is 5. The molecule has 6 nitrogen and oxygen atoms in total. The average molecular weight is 487 g/mol. The molecule has 4 atom stereocenters. The van der Waals surface area contributed by atoms with Crippen molar-refractivity contribution in [1.29, 1.82) is 0 Å². The van der Waals surface area contributed by atoms with Crippen molar-refractivity contribution in [3.05, 3.63) is 131 Å². The average Bonchev–Trinajstić information content (AvgIpc) is 3.65. The van der Waals surface area contributed by atoms with Crippen LogP contribution in [-0.2, 0) is 10.2 Å². The number of fused-ring (bicyclic) bond motifs is 6. The zero-order chi connectivity index (χ0) is 25.1. The van der Waals surface area contributed by atoms with Crippen molar-refractivity contribution in [2.24, 2.45) is 5.92 Å². The predicted octanol–water partition coefficient (Wildman–Crippen LogP) is 5.26. The van der Waals surface area contributed by atoms with Crippen LogP contribution in [0.2, 0.25) is 0 Å². The molecule has 1 amide bonds. The number of nitrogens with zero attached hydrogens (tertiary/aromatic N) is 1. The van der Waals surface area contributed by atoms with Crippen LogP contribution < -0.4 is 5.32 Å². The van der Waals surface area contributed by atoms with E-state index < -0.39 is 23.4 Å². The molecule has 1 spiro atoms. The molecule has 4 heterocycles. The Morgan fingerprint density at radius 3 is 2.41 bits per heavy atom. The van der Waals surface area contributed by atoms with Gasteiger partial charge >= 0.3 is 0 Å². The van der Waals surface area contributed by atoms with E-state index >= 15 is 0 Å². The number of benzene rings is 3. The second-order valence-corrected chi connectivity index (χ2v) is 9.66. The van der Waals surface area contributed by atoms with Crippen molar-refractivity contribution in [2.45, 2.75) is 17.5 Å². The third-order valence-corrected chi connectivity index (χ3v) is 7.94. The number of para-hydroxylation sites is 1. The Morgan fingerprint density at radius 1 is 0.838 bits per heavy atom. The Hall–Kier alpha value is -4.71. The molecule has 3 aromatic carbocycles. The molecule has 0 aliphatic carbocycles. The Bertz CT molecular complexity index is 1590. The maximum Gasteiger partial charge on any atom is 0.238 e. The van der Waals surface area contributed by atoms with Gasteiger partial charge in [0.1, 0.15) is 11.5 Å². The van der Waals surface area contributed by atoms with E-state index in [9.17, 15) is 14.4 Å². The lowest BCUT2D eigenvalue weighted by Crippen LogP contribution is -2.49. The maximum atomic E-state index is 14.5. The Kier molecular flexibility index (Phi) is 4.60. The van der Waals surface area contributed by atoms with Crippen molar-refractivity contribution in [1.82, 2.24) is 4.90 Å². The molecule has 3 aliphatic heterocycles. The molecule has 180 valence electrons. The van der Waals surface area contributed by atoms with E-state index in [-0.39, 0.29) is 23.2 Å². The SMILES string of the molecule is O=C(c1ccco1)[C@@H]1[C@H](C(=O)c2ccccc2)[C@]2(C(=O)Nc3ccccc32)[C@H]2c3ccccc3C=CN12. The highest BCUT2D eigenvalue weighted by Crippen LogP contribution is 2.62. The number of ketones is 2. The Labute approximate surface area is 213 Å². The number of nitrogens with one attached hydrogen (secondary N) is 1. The van der Waals surface area contributed by atoms with Crippen LogP contribution in [0.1, 0.15) is 43.6 Å². The second-order valence-electron chi connectivity index (χ2n) is 9.66. The van der Waals surface area contributed by atoms with Gasteiger partial charge in [-0.25, -0.2) is 0 Å². The van der Waals surface area contributed by atoms with Gasteiger partial charge < -0.3 is 14.6 Å². The normalized spacial score (nSPS) is 24.9. The molecule has 1 fully saturated rings. The molecule has 0 bridgehead atoms. The summed E-state index contributed by atoms with van der Waals surface area (Å²) in [7, 11) is 0. The van der Waals surface area contributed by atoms with Gasteiger partial charge in [0.2, 0.25) is 11.7 Å². The van der Waals surface area contributed by atoms with Crippen LogP contribution in [0.4, 0.5) is 5.69 Å². The van der Waals surface area contributed by atoms with Gasteiger partial charge in [0, 0.05) is 17.5 Å². The first-order chi connectivity index (χ1) is 18.1. The molecule has 6 heteroatoms. The summed E-state index contributed by atoms with van der Waals surface area (Å²) in [5, 5.41) is 3.05. The van der Waals surface area contributed by atoms with Crippen molar-refractivity contribution in [2.75, 3.05) is 5.32 Å². The van der Waals surface area contributed by atoms with Gasteiger partial charge in [0.25, 0.3) is 0 Å². The highest BCUT2D eigenvalue weighted by atomic mass is 16.3. The van der Waals surface area contributed by atoms with Gasteiger partial charge in [-0.1, -0.05) is 72.8 Å². The molecule has 0 unspecified atom stereocenters. The van der Waals surface area contributed by atoms with Gasteiger partial charge in [-0.3, -0.25) is 14.4 Å². The quantitative estimate of drug-likeness (QED) is 0.398. The summed E-state index contributed by atoms with van der Waals surface area (Å²) in [6.45, 7) is 0. The summed E-state index contributed by atoms with van der Waals surface area (Å²) in [6, 6.07) is 26.0. The largest absolute Gasteiger partial charge is 0.461 e. The number of carbonyl (C=O) groups is 3. The van der Waals surface area contributed by atoms with E-state index in [4.69, 9.17) is 4.42 Å². The van der Waals surface area contributed by atoms with Gasteiger partial charge in [0.15, 0.2) is 11.5 Å². The highest BCUT2D eigenvalue weighted by molar-refractivity contribution is 6.16. The van der Waals surface area contributed by atoms with Crippen molar-refractivity contribution in [3.8, 4) is 0 Å². The Balaban J connectivity index is 1.56. The summed E-state index contributed by atoms with van der Waals surface area (Å²) in [5.41, 5.74) is 2.37. The van der Waals surface area contributed by atoms with Gasteiger partial charge in [-0.05, 0) is 41.0 Å². The Morgan fingerprint density at radius 2 is 1.59 bits per heavy atom. The molecular formula is C31H22N2O4. The standard InChI is InChI=1S/C31H22N2O4/c34-27(20-10-2-1-3-11-20)25-26(28(35)24-15-8-18-37-24)33-17-16-19-9-4-5-12-21(19)29(33)31(25)22-13-6-7-14-23(22)32-30(31)36/h1-18,25-26,29H,(H,32,36)/t25-,26+,29-,31+/m1/s1. The first-order valence-electron chi connectivity index (χ1n) is 12.2. The number of amides is 1. The van der Waals surface area contributed by atoms with Crippen LogP contribution in [0.5, 0.6) is 0 Å². The van der Waals surface area contributed by atoms with E-state index in [2.05, 4.69) is 5.32 Å². The number of furan rings is 1. The van der Waals surface area contributed by atoms with Crippen molar-refractivity contribution < 1.29 is 18.8 Å². The monoisotopic (exact) mass is 486 g/mol. The molecule has 1 saturated heterocycles. The lowest BCUT2D eigenvalue weighted by molar-refractivity contribution is -0.122. The minimum absolute atomic E-state index is 0.158. The number of anilines is 1. The van der Waals surface area contributed by atoms with Crippen molar-refractivity contribution in [3.63, 3.8) is 0 Å². The molecular weight excluding hydrogens is 464 g/mol. The second kappa shape index (κ2) is 7.90. The van der Waals surface area contributed by atoms with E-state index in [1.165, 1.54) is 6.26 Å². The first-order valence-corrected chi connectivity index (χ1v) is 12.2. The first kappa shape index (κ1) is 21.6. The minimum atomic E-state index is -1.34. The van der Waals surface area contributed by atoms with Crippen LogP contribution in [0.25, 0.3) is 6.08 Å². The molecule has 37 heavy (non-hydrogen) atoms. The topological polar surface area (TPSA) is 79.6 Å². The van der Waals surface area contributed by atoms with Gasteiger partial charge in [0.05, 0.1) is 18.2 Å². The van der Waals surface area contributed by atoms with Gasteiger partial charge in [-0.2, -0.15) is 0 Å². The van der Waals surface area contributed by atoms with Crippen LogP contribution in [0.15, 0.2) is 108 Å². The number of Topliss-reactive ketones (excluding diaryl/α,β-unsaturated/α-hetero) is 2. The fourth-order valence-corrected chi connectivity index (χ4v) is 6.51. The van der Waals surface area contributed by atoms with Crippen LogP contribution >= 0.6 is 0 Å². The molecule has 0 radical (unpaired) electrons. The predicted molar refractivity (Wildman–Crippen MR) is 138 cm³/mol. The van der Waals surface area contributed by atoms with Crippen molar-refractivity contribution >= 4 is 29.2 Å². The zero-order valence-electron chi connectivity index (χ0n) is 19.7. The molecule has 4 aromatic rings. The van der Waals surface area contributed by atoms with Crippen LogP contribution in [0.3, 0.4) is 0 Å². The van der Waals surface area contributed by atoms with E-state index in [1.807, 2.05) is 71.8 Å². The van der Waals surface area contributed by atoms with E-state index in [1.54, 1.807) is 36.4 Å². The fourth-order valence-electron chi connectivity index (χ4n) is 6.51. The van der Waals surface area contributed by atoms with Crippen LogP contribution in [0, 0.1) is 5.92 Å². The van der Waals surface area contributed by atoms with E-state index in [0.717, 1.165) is 16.7 Å². The lowest BCUT2D eigenvalue weighted by Gasteiger charge is -2.38. The molecule has 7 rings (SSSR count). The summed E-state index contributed by atoms with van der Waals surface area (Å²) in [5.74, 6) is -1.71. The number of rotatable bonds is 4. The summed E-state index contributed by atoms with van der Waals surface area (Å²) in [6.07, 6.45) is 5.24. The fraction of sp³-hybridized carbons (Fsp3) is 0.129. The summed E-state index contributed by atoms with van der Waals surface area (Å²) < 4.78 is 5.53. The third kappa shape index (κ3) is 2.84. The molecule has 1 N–H and O–H groups in total. The highest BCUT2D eigenvalue weighted by Gasteiger charge is 2.70. The third-order valence-electron chi connectivity index (χ3n) is 7.94. The molecule has 3 aliphatic rings. The summed E-state index contributed by atoms with van der Waals surface area (Å²) in [4.78, 5) is 44.8. The van der Waals surface area contributed by atoms with Crippen LogP contribution in [-0.4, -0.2) is 28.4 Å². The maximum absolute atomic E-state index is 14.5. The number of hydrogen-bond donors (Lipinski definition) is 1. The molecule has 1 aromatic heterocycles. The number of carbonyl (C=O) groups excluding carboxylic acids is 3. The lowest BCUT2D eigenvalue weighted by atomic mass is 9.62. The minimum Gasteiger partial charge on any atom is -0.461 e. The van der Waals surface area contributed by atoms with E-state index in [0.29, 0.717) is 11.3 Å². The summed E-state index contributed by atoms with van der Waals surface area (Å²) >= 11 is 0.